The van der Waals surface area contributed by atoms with Crippen LogP contribution in [0.3, 0.4) is 0 Å². The molecule has 0 saturated heterocycles. The molecule has 0 atom stereocenters. The van der Waals surface area contributed by atoms with E-state index in [0.717, 1.165) is 20.4 Å². The zero-order valence-electron chi connectivity index (χ0n) is 19.2. The second kappa shape index (κ2) is 12.1. The van der Waals surface area contributed by atoms with E-state index < -0.39 is 5.91 Å². The van der Waals surface area contributed by atoms with Gasteiger partial charge in [0.25, 0.3) is 5.91 Å². The van der Waals surface area contributed by atoms with Crippen LogP contribution in [0.5, 0.6) is 17.2 Å². The first kappa shape index (κ1) is 25.1. The van der Waals surface area contributed by atoms with Crippen LogP contribution >= 0.6 is 22.6 Å². The molecule has 3 aromatic carbocycles. The molecule has 0 spiro atoms. The molecule has 0 aliphatic carbocycles. The topological polar surface area (TPSA) is 80.6 Å². The number of hydrogen-bond donors (Lipinski definition) is 1. The number of benzene rings is 3. The van der Waals surface area contributed by atoms with Crippen LogP contribution < -0.4 is 19.5 Å². The van der Waals surface area contributed by atoms with Crippen LogP contribution in [0.25, 0.3) is 6.08 Å². The van der Waals surface area contributed by atoms with E-state index in [0.29, 0.717) is 30.2 Å². The molecular weight excluding hydrogens is 543 g/mol. The fourth-order valence-electron chi connectivity index (χ4n) is 3.14. The molecule has 6 nitrogen and oxygen atoms in total. The number of carbonyl (C=O) groups is 1. The molecule has 3 aromatic rings. The van der Waals surface area contributed by atoms with Gasteiger partial charge in [-0.15, -0.1) is 0 Å². The Balaban J connectivity index is 1.72. The van der Waals surface area contributed by atoms with Gasteiger partial charge >= 0.3 is 0 Å². The van der Waals surface area contributed by atoms with Crippen molar-refractivity contribution in [1.82, 2.24) is 5.32 Å². The molecule has 0 unspecified atom stereocenters. The molecule has 1 N–H and O–H groups in total. The predicted molar refractivity (Wildman–Crippen MR) is 140 cm³/mol. The van der Waals surface area contributed by atoms with Gasteiger partial charge in [0.15, 0.2) is 11.5 Å². The normalized spacial score (nSPS) is 10.9. The molecule has 0 aromatic heterocycles. The molecule has 0 fully saturated rings. The van der Waals surface area contributed by atoms with Crippen molar-refractivity contribution in [3.05, 3.63) is 92.1 Å². The van der Waals surface area contributed by atoms with E-state index in [9.17, 15) is 10.1 Å². The number of aryl methyl sites for hydroxylation is 1. The maximum Gasteiger partial charge on any atom is 0.262 e. The first-order valence-corrected chi connectivity index (χ1v) is 11.6. The van der Waals surface area contributed by atoms with Gasteiger partial charge in [0.05, 0.1) is 17.8 Å². The van der Waals surface area contributed by atoms with E-state index in [1.54, 1.807) is 20.3 Å². The first-order valence-electron chi connectivity index (χ1n) is 10.5. The predicted octanol–water partition coefficient (Wildman–Crippen LogP) is 5.42. The van der Waals surface area contributed by atoms with Gasteiger partial charge in [-0.1, -0.05) is 42.0 Å². The monoisotopic (exact) mass is 568 g/mol. The van der Waals surface area contributed by atoms with E-state index in [1.807, 2.05) is 67.6 Å². The Morgan fingerprint density at radius 3 is 2.32 bits per heavy atom. The molecule has 0 bridgehead atoms. The van der Waals surface area contributed by atoms with Crippen molar-refractivity contribution in [3.63, 3.8) is 0 Å². The molecule has 3 rings (SSSR count). The number of nitrogens with one attached hydrogen (secondary N) is 1. The van der Waals surface area contributed by atoms with Crippen molar-refractivity contribution in [1.29, 1.82) is 5.26 Å². The van der Waals surface area contributed by atoms with Crippen molar-refractivity contribution in [3.8, 4) is 23.3 Å². The molecular formula is C27H25IN2O4. The highest BCUT2D eigenvalue weighted by Crippen LogP contribution is 2.35. The van der Waals surface area contributed by atoms with Gasteiger partial charge in [0.1, 0.15) is 24.0 Å². The lowest BCUT2D eigenvalue weighted by atomic mass is 10.1. The Bertz CT molecular complexity index is 1210. The number of ether oxygens (including phenoxy) is 3. The summed E-state index contributed by atoms with van der Waals surface area (Å²) in [5.41, 5.74) is 3.80. The summed E-state index contributed by atoms with van der Waals surface area (Å²) in [5, 5.41) is 12.3. The second-order valence-corrected chi connectivity index (χ2v) is 8.67. The average Bonchev–Trinajstić information content (AvgIpc) is 2.86. The SMILES string of the molecule is COc1ccc(CNC(=O)/C(C#N)=C\c2cc(I)c(OCc3ccc(C)cc3)c(OC)c2)cc1. The van der Waals surface area contributed by atoms with Gasteiger partial charge in [-0.25, -0.2) is 0 Å². The molecule has 0 heterocycles. The van der Waals surface area contributed by atoms with E-state index in [4.69, 9.17) is 14.2 Å². The van der Waals surface area contributed by atoms with Crippen molar-refractivity contribution >= 4 is 34.6 Å². The van der Waals surface area contributed by atoms with Crippen LogP contribution in [0.1, 0.15) is 22.3 Å². The molecule has 1 amide bonds. The summed E-state index contributed by atoms with van der Waals surface area (Å²) in [5.74, 6) is 1.43. The Morgan fingerprint density at radius 2 is 1.71 bits per heavy atom. The summed E-state index contributed by atoms with van der Waals surface area (Å²) in [7, 11) is 3.16. The van der Waals surface area contributed by atoms with Crippen LogP contribution in [-0.2, 0) is 17.9 Å². The third-order valence-corrected chi connectivity index (χ3v) is 5.85. The zero-order chi connectivity index (χ0) is 24.5. The fourth-order valence-corrected chi connectivity index (χ4v) is 3.92. The highest BCUT2D eigenvalue weighted by molar-refractivity contribution is 14.1. The minimum atomic E-state index is -0.452. The van der Waals surface area contributed by atoms with Crippen LogP contribution in [0.15, 0.2) is 66.2 Å². The summed E-state index contributed by atoms with van der Waals surface area (Å²) < 4.78 is 17.5. The van der Waals surface area contributed by atoms with Gasteiger partial charge < -0.3 is 19.5 Å². The van der Waals surface area contributed by atoms with E-state index in [2.05, 4.69) is 27.9 Å². The second-order valence-electron chi connectivity index (χ2n) is 7.51. The van der Waals surface area contributed by atoms with Gasteiger partial charge in [-0.3, -0.25) is 4.79 Å². The van der Waals surface area contributed by atoms with Crippen LogP contribution in [0.2, 0.25) is 0 Å². The van der Waals surface area contributed by atoms with E-state index in [1.165, 1.54) is 11.6 Å². The largest absolute Gasteiger partial charge is 0.497 e. The minimum absolute atomic E-state index is 0.000288. The number of carbonyl (C=O) groups excluding carboxylic acids is 1. The lowest BCUT2D eigenvalue weighted by Crippen LogP contribution is -2.23. The highest BCUT2D eigenvalue weighted by Gasteiger charge is 2.14. The van der Waals surface area contributed by atoms with Crippen LogP contribution in [-0.4, -0.2) is 20.1 Å². The Hall–Kier alpha value is -3.51. The number of rotatable bonds is 9. The first-order chi connectivity index (χ1) is 16.4. The summed E-state index contributed by atoms with van der Waals surface area (Å²) >= 11 is 2.16. The van der Waals surface area contributed by atoms with Crippen LogP contribution in [0, 0.1) is 21.8 Å². The number of methoxy groups -OCH3 is 2. The Morgan fingerprint density at radius 1 is 1.03 bits per heavy atom. The number of nitrogens with zero attached hydrogens (tertiary/aromatic N) is 1. The number of hydrogen-bond acceptors (Lipinski definition) is 5. The highest BCUT2D eigenvalue weighted by atomic mass is 127. The molecule has 0 aliphatic heterocycles. The summed E-state index contributed by atoms with van der Waals surface area (Å²) in [4.78, 5) is 12.6. The molecule has 174 valence electrons. The average molecular weight is 568 g/mol. The molecule has 34 heavy (non-hydrogen) atoms. The third-order valence-electron chi connectivity index (χ3n) is 5.04. The van der Waals surface area contributed by atoms with Gasteiger partial charge in [0.2, 0.25) is 0 Å². The van der Waals surface area contributed by atoms with Crippen LogP contribution in [0.4, 0.5) is 0 Å². The zero-order valence-corrected chi connectivity index (χ0v) is 21.4. The van der Waals surface area contributed by atoms with E-state index in [-0.39, 0.29) is 5.57 Å². The number of nitriles is 1. The Labute approximate surface area is 213 Å². The number of amides is 1. The van der Waals surface area contributed by atoms with Crippen molar-refractivity contribution < 1.29 is 19.0 Å². The lowest BCUT2D eigenvalue weighted by molar-refractivity contribution is -0.117. The minimum Gasteiger partial charge on any atom is -0.497 e. The molecule has 0 aliphatic rings. The van der Waals surface area contributed by atoms with Crippen molar-refractivity contribution in [2.75, 3.05) is 14.2 Å². The smallest absolute Gasteiger partial charge is 0.262 e. The summed E-state index contributed by atoms with van der Waals surface area (Å²) in [6.07, 6.45) is 1.54. The third kappa shape index (κ3) is 6.75. The maximum absolute atomic E-state index is 12.6. The van der Waals surface area contributed by atoms with Gasteiger partial charge in [-0.05, 0) is 76.5 Å². The van der Waals surface area contributed by atoms with Crippen molar-refractivity contribution in [2.45, 2.75) is 20.1 Å². The van der Waals surface area contributed by atoms with Gasteiger partial charge in [0, 0.05) is 6.54 Å². The quantitative estimate of drug-likeness (QED) is 0.212. The fraction of sp³-hybridized carbons (Fsp3) is 0.185. The van der Waals surface area contributed by atoms with Gasteiger partial charge in [-0.2, -0.15) is 5.26 Å². The lowest BCUT2D eigenvalue weighted by Gasteiger charge is -2.14. The van der Waals surface area contributed by atoms with E-state index >= 15 is 0 Å². The summed E-state index contributed by atoms with van der Waals surface area (Å²) in [6, 6.07) is 21.1. The standard InChI is InChI=1S/C27H25IN2O4/c1-18-4-6-20(7-5-18)17-34-26-24(28)13-21(14-25(26)33-3)12-22(15-29)27(31)30-16-19-8-10-23(32-2)11-9-19/h4-14H,16-17H2,1-3H3,(H,30,31)/b22-12-. The summed E-state index contributed by atoms with van der Waals surface area (Å²) in [6.45, 7) is 2.74. The maximum atomic E-state index is 12.6. The molecule has 0 saturated carbocycles. The molecule has 7 heteroatoms. The van der Waals surface area contributed by atoms with Crippen molar-refractivity contribution in [2.24, 2.45) is 0 Å². The number of halogens is 1. The Kier molecular flexibility index (Phi) is 8.93. The molecule has 0 radical (unpaired) electrons.